The molecule has 132 valence electrons. The van der Waals surface area contributed by atoms with Crippen molar-refractivity contribution in [3.05, 3.63) is 76.5 Å². The third kappa shape index (κ3) is 4.29. The number of nitrogens with one attached hydrogen (secondary N) is 2. The van der Waals surface area contributed by atoms with Crippen LogP contribution in [0.15, 0.2) is 66.0 Å². The lowest BCUT2D eigenvalue weighted by Crippen LogP contribution is -2.10. The number of para-hydroxylation sites is 1. The predicted molar refractivity (Wildman–Crippen MR) is 104 cm³/mol. The monoisotopic (exact) mass is 366 g/mol. The maximum Gasteiger partial charge on any atom is 0.340 e. The quantitative estimate of drug-likeness (QED) is 0.608. The molecule has 1 heterocycles. The Kier molecular flexibility index (Phi) is 5.66. The Bertz CT molecular complexity index is 890. The highest BCUT2D eigenvalue weighted by Gasteiger charge is 2.12. The minimum atomic E-state index is -0.365. The molecule has 0 spiro atoms. The van der Waals surface area contributed by atoms with Crippen LogP contribution in [-0.4, -0.2) is 18.5 Å². The van der Waals surface area contributed by atoms with Crippen molar-refractivity contribution >= 4 is 40.3 Å². The van der Waals surface area contributed by atoms with Gasteiger partial charge in [0.05, 0.1) is 22.7 Å². The number of benzene rings is 2. The van der Waals surface area contributed by atoms with Crippen molar-refractivity contribution in [2.24, 2.45) is 0 Å². The summed E-state index contributed by atoms with van der Waals surface area (Å²) in [5, 5.41) is 7.92. The van der Waals surface area contributed by atoms with Gasteiger partial charge in [0.2, 0.25) is 0 Å². The van der Waals surface area contributed by atoms with Crippen LogP contribution in [0.5, 0.6) is 0 Å². The fourth-order valence-corrected chi connectivity index (χ4v) is 2.99. The van der Waals surface area contributed by atoms with Gasteiger partial charge in [-0.3, -0.25) is 4.79 Å². The molecule has 3 aromatic rings. The molecule has 26 heavy (non-hydrogen) atoms. The second kappa shape index (κ2) is 8.31. The van der Waals surface area contributed by atoms with E-state index in [0.29, 0.717) is 28.4 Å². The van der Waals surface area contributed by atoms with Gasteiger partial charge in [-0.15, -0.1) is 11.3 Å². The van der Waals surface area contributed by atoms with Gasteiger partial charge in [-0.1, -0.05) is 18.2 Å². The standard InChI is InChI=1S/C20H18N2O3S/c1-2-25-20(24)16-6-3-4-7-17(16)21-14-9-11-15(12-10-14)22-19(23)18-8-5-13-26-18/h3-13,21H,2H2,1H3,(H,22,23). The van der Waals surface area contributed by atoms with Crippen LogP contribution in [0.1, 0.15) is 27.0 Å². The number of hydrogen-bond donors (Lipinski definition) is 2. The van der Waals surface area contributed by atoms with Crippen molar-refractivity contribution in [2.75, 3.05) is 17.2 Å². The number of ether oxygens (including phenoxy) is 1. The van der Waals surface area contributed by atoms with Crippen molar-refractivity contribution in [1.29, 1.82) is 0 Å². The van der Waals surface area contributed by atoms with E-state index >= 15 is 0 Å². The number of carbonyl (C=O) groups is 2. The highest BCUT2D eigenvalue weighted by Crippen LogP contribution is 2.23. The summed E-state index contributed by atoms with van der Waals surface area (Å²) in [6.07, 6.45) is 0. The molecule has 0 fully saturated rings. The van der Waals surface area contributed by atoms with Gasteiger partial charge in [0.1, 0.15) is 0 Å². The van der Waals surface area contributed by atoms with Gasteiger partial charge in [-0.05, 0) is 54.8 Å². The average Bonchev–Trinajstić information content (AvgIpc) is 3.19. The van der Waals surface area contributed by atoms with Crippen LogP contribution in [0.4, 0.5) is 17.1 Å². The number of amides is 1. The van der Waals surface area contributed by atoms with Gasteiger partial charge in [0.15, 0.2) is 0 Å². The molecule has 0 aliphatic carbocycles. The smallest absolute Gasteiger partial charge is 0.340 e. The van der Waals surface area contributed by atoms with Crippen LogP contribution in [0.25, 0.3) is 0 Å². The van der Waals surface area contributed by atoms with E-state index in [1.54, 1.807) is 37.3 Å². The molecule has 2 aromatic carbocycles. The number of hydrogen-bond acceptors (Lipinski definition) is 5. The predicted octanol–water partition coefficient (Wildman–Crippen LogP) is 4.92. The van der Waals surface area contributed by atoms with E-state index in [-0.39, 0.29) is 11.9 Å². The van der Waals surface area contributed by atoms with Gasteiger partial charge in [0.25, 0.3) is 5.91 Å². The Balaban J connectivity index is 1.70. The summed E-state index contributed by atoms with van der Waals surface area (Å²) in [5.74, 6) is -0.496. The molecule has 5 nitrogen and oxygen atoms in total. The van der Waals surface area contributed by atoms with E-state index in [1.807, 2.05) is 35.7 Å². The van der Waals surface area contributed by atoms with Crippen molar-refractivity contribution < 1.29 is 14.3 Å². The summed E-state index contributed by atoms with van der Waals surface area (Å²) < 4.78 is 5.08. The maximum absolute atomic E-state index is 12.1. The Morgan fingerprint density at radius 1 is 0.962 bits per heavy atom. The zero-order chi connectivity index (χ0) is 18.4. The third-order valence-electron chi connectivity index (χ3n) is 3.59. The number of esters is 1. The van der Waals surface area contributed by atoms with E-state index in [4.69, 9.17) is 4.74 Å². The summed E-state index contributed by atoms with van der Waals surface area (Å²) in [4.78, 5) is 24.8. The molecule has 2 N–H and O–H groups in total. The van der Waals surface area contributed by atoms with Gasteiger partial charge < -0.3 is 15.4 Å². The lowest BCUT2D eigenvalue weighted by molar-refractivity contribution is 0.0527. The molecule has 0 aliphatic rings. The van der Waals surface area contributed by atoms with E-state index in [0.717, 1.165) is 5.69 Å². The van der Waals surface area contributed by atoms with Crippen LogP contribution in [-0.2, 0) is 4.74 Å². The highest BCUT2D eigenvalue weighted by atomic mass is 32.1. The van der Waals surface area contributed by atoms with Crippen molar-refractivity contribution in [2.45, 2.75) is 6.92 Å². The third-order valence-corrected chi connectivity index (χ3v) is 4.46. The molecule has 3 rings (SSSR count). The number of anilines is 3. The topological polar surface area (TPSA) is 67.4 Å². The molecule has 0 radical (unpaired) electrons. The van der Waals surface area contributed by atoms with Crippen LogP contribution in [0, 0.1) is 0 Å². The first-order valence-electron chi connectivity index (χ1n) is 8.15. The van der Waals surface area contributed by atoms with Crippen molar-refractivity contribution in [3.63, 3.8) is 0 Å². The van der Waals surface area contributed by atoms with Gasteiger partial charge in [-0.25, -0.2) is 4.79 Å². The SMILES string of the molecule is CCOC(=O)c1ccccc1Nc1ccc(NC(=O)c2cccs2)cc1. The zero-order valence-corrected chi connectivity index (χ0v) is 15.0. The Hall–Kier alpha value is -3.12. The van der Waals surface area contributed by atoms with Crippen LogP contribution >= 0.6 is 11.3 Å². The first-order valence-corrected chi connectivity index (χ1v) is 9.03. The summed E-state index contributed by atoms with van der Waals surface area (Å²) in [5.41, 5.74) is 2.65. The molecule has 0 aliphatic heterocycles. The first kappa shape index (κ1) is 17.7. The van der Waals surface area contributed by atoms with E-state index in [1.165, 1.54) is 11.3 Å². The molecular weight excluding hydrogens is 348 g/mol. The lowest BCUT2D eigenvalue weighted by Gasteiger charge is -2.12. The van der Waals surface area contributed by atoms with E-state index in [9.17, 15) is 9.59 Å². The Labute approximate surface area is 155 Å². The number of carbonyl (C=O) groups excluding carboxylic acids is 2. The minimum absolute atomic E-state index is 0.131. The molecule has 1 aromatic heterocycles. The molecule has 6 heteroatoms. The Morgan fingerprint density at radius 2 is 1.69 bits per heavy atom. The fraction of sp³-hybridized carbons (Fsp3) is 0.100. The van der Waals surface area contributed by atoms with Crippen LogP contribution in [0.2, 0.25) is 0 Å². The second-order valence-electron chi connectivity index (χ2n) is 5.40. The molecule has 0 saturated heterocycles. The van der Waals surface area contributed by atoms with Gasteiger partial charge in [-0.2, -0.15) is 0 Å². The Morgan fingerprint density at radius 3 is 2.38 bits per heavy atom. The van der Waals surface area contributed by atoms with Crippen LogP contribution < -0.4 is 10.6 Å². The summed E-state index contributed by atoms with van der Waals surface area (Å²) >= 11 is 1.40. The normalized spacial score (nSPS) is 10.2. The summed E-state index contributed by atoms with van der Waals surface area (Å²) in [7, 11) is 0. The van der Waals surface area contributed by atoms with Crippen molar-refractivity contribution in [1.82, 2.24) is 0 Å². The number of rotatable bonds is 6. The molecular formula is C20H18N2O3S. The molecule has 0 bridgehead atoms. The first-order chi connectivity index (χ1) is 12.7. The molecule has 0 saturated carbocycles. The maximum atomic E-state index is 12.1. The average molecular weight is 366 g/mol. The zero-order valence-electron chi connectivity index (χ0n) is 14.2. The van der Waals surface area contributed by atoms with E-state index < -0.39 is 0 Å². The summed E-state index contributed by atoms with van der Waals surface area (Å²) in [6, 6.07) is 18.1. The minimum Gasteiger partial charge on any atom is -0.462 e. The fourth-order valence-electron chi connectivity index (χ4n) is 2.37. The van der Waals surface area contributed by atoms with Crippen molar-refractivity contribution in [3.8, 4) is 0 Å². The molecule has 0 atom stereocenters. The van der Waals surface area contributed by atoms with Crippen LogP contribution in [0.3, 0.4) is 0 Å². The lowest BCUT2D eigenvalue weighted by atomic mass is 10.1. The summed E-state index contributed by atoms with van der Waals surface area (Å²) in [6.45, 7) is 2.10. The molecule has 1 amide bonds. The van der Waals surface area contributed by atoms with Gasteiger partial charge in [0, 0.05) is 11.4 Å². The largest absolute Gasteiger partial charge is 0.462 e. The molecule has 0 unspecified atom stereocenters. The van der Waals surface area contributed by atoms with E-state index in [2.05, 4.69) is 10.6 Å². The second-order valence-corrected chi connectivity index (χ2v) is 6.35. The number of thiophene rings is 1. The highest BCUT2D eigenvalue weighted by molar-refractivity contribution is 7.12. The van der Waals surface area contributed by atoms with Gasteiger partial charge >= 0.3 is 5.97 Å².